The zero-order valence-electron chi connectivity index (χ0n) is 31.9. The van der Waals surface area contributed by atoms with Crippen LogP contribution in [0.5, 0.6) is 11.5 Å². The van der Waals surface area contributed by atoms with E-state index in [9.17, 15) is 13.2 Å². The summed E-state index contributed by atoms with van der Waals surface area (Å²) in [6, 6.07) is 25.9. The Balaban J connectivity index is 1.18. The van der Waals surface area contributed by atoms with Crippen LogP contribution in [0.4, 0.5) is 0 Å². The lowest BCUT2D eigenvalue weighted by molar-refractivity contribution is -0.324. The molecule has 3 aliphatic heterocycles. The molecule has 300 valence electrons. The predicted molar refractivity (Wildman–Crippen MR) is 199 cm³/mol. The molecule has 3 aliphatic rings. The first-order chi connectivity index (χ1) is 26.4. The highest BCUT2D eigenvalue weighted by molar-refractivity contribution is 7.85. The van der Waals surface area contributed by atoms with Crippen molar-refractivity contribution in [2.45, 2.75) is 133 Å². The van der Waals surface area contributed by atoms with Gasteiger partial charge >= 0.3 is 5.97 Å². The number of ether oxygens (including phenoxy) is 9. The zero-order chi connectivity index (χ0) is 39.0. The van der Waals surface area contributed by atoms with E-state index in [-0.39, 0.29) is 18.1 Å². The van der Waals surface area contributed by atoms with Gasteiger partial charge in [-0.1, -0.05) is 60.7 Å². The van der Waals surface area contributed by atoms with Gasteiger partial charge in [0.15, 0.2) is 12.6 Å². The van der Waals surface area contributed by atoms with E-state index in [1.165, 1.54) is 6.92 Å². The summed E-state index contributed by atoms with van der Waals surface area (Å²) in [5.41, 5.74) is 1.59. The molecule has 0 N–H and O–H groups in total. The Hall–Kier alpha value is -3.60. The lowest BCUT2D eigenvalue weighted by Gasteiger charge is -2.45. The number of methoxy groups -OCH3 is 1. The van der Waals surface area contributed by atoms with E-state index in [0.717, 1.165) is 5.56 Å². The molecule has 11 atom stereocenters. The zero-order valence-corrected chi connectivity index (χ0v) is 32.7. The molecule has 3 aromatic carbocycles. The van der Waals surface area contributed by atoms with Gasteiger partial charge in [0.2, 0.25) is 6.29 Å². The smallest absolute Gasteiger partial charge is 0.302 e. The van der Waals surface area contributed by atoms with Gasteiger partial charge in [-0.3, -0.25) is 8.98 Å². The number of benzene rings is 3. The van der Waals surface area contributed by atoms with E-state index in [0.29, 0.717) is 42.9 Å². The summed E-state index contributed by atoms with van der Waals surface area (Å²) in [7, 11) is -2.46. The molecular weight excluding hydrogens is 733 g/mol. The summed E-state index contributed by atoms with van der Waals surface area (Å²) in [5.74, 6) is 0.627. The fourth-order valence-corrected chi connectivity index (χ4v) is 8.42. The lowest BCUT2D eigenvalue weighted by Crippen LogP contribution is -2.56. The molecular formula is C41H52O13S. The molecule has 6 rings (SSSR count). The average Bonchev–Trinajstić information content (AvgIpc) is 3.15. The van der Waals surface area contributed by atoms with Crippen LogP contribution in [0.1, 0.15) is 64.5 Å². The molecule has 13 nitrogen and oxygen atoms in total. The van der Waals surface area contributed by atoms with Crippen molar-refractivity contribution in [2.75, 3.05) is 7.11 Å². The van der Waals surface area contributed by atoms with Crippen LogP contribution in [0.25, 0.3) is 0 Å². The Morgan fingerprint density at radius 1 is 0.673 bits per heavy atom. The normalized spacial score (nSPS) is 31.3. The number of hydrogen-bond acceptors (Lipinski definition) is 13. The van der Waals surface area contributed by atoms with Crippen molar-refractivity contribution in [1.29, 1.82) is 0 Å². The molecule has 3 saturated heterocycles. The fraction of sp³-hybridized carbons (Fsp3) is 0.537. The van der Waals surface area contributed by atoms with Crippen LogP contribution in [0.3, 0.4) is 0 Å². The molecule has 0 bridgehead atoms. The van der Waals surface area contributed by atoms with Crippen LogP contribution in [0.15, 0.2) is 84.9 Å². The summed E-state index contributed by atoms with van der Waals surface area (Å²) in [4.78, 5) is 11.6. The molecule has 3 fully saturated rings. The van der Waals surface area contributed by atoms with Crippen molar-refractivity contribution >= 4 is 16.1 Å². The third-order valence-electron chi connectivity index (χ3n) is 9.85. The summed E-state index contributed by atoms with van der Waals surface area (Å²) in [6.45, 7) is 7.14. The van der Waals surface area contributed by atoms with Crippen molar-refractivity contribution in [3.63, 3.8) is 0 Å². The lowest BCUT2D eigenvalue weighted by atomic mass is 9.99. The standard InChI is InChI=1S/C41H52O13S/c1-26-34(50-29(4)42)20-21-37(47-26)52-36-23-39(49-28(3)41(36)54-55(43,44)25-31-14-10-7-11-15-31)53-40-27(2)48-38(51-33-18-16-32(45-5)17-19-33)22-35(40)46-24-30-12-8-6-9-13-30/h6-19,26-28,34-41H,20-25H2,1-5H3/t26-,27+,28+,34-,35+,36+,37-,38-,39-,40+,41+/m0/s1. The van der Waals surface area contributed by atoms with Gasteiger partial charge in [0, 0.05) is 26.2 Å². The highest BCUT2D eigenvalue weighted by Crippen LogP contribution is 2.35. The Morgan fingerprint density at radius 3 is 1.93 bits per heavy atom. The van der Waals surface area contributed by atoms with Crippen molar-refractivity contribution in [2.24, 2.45) is 0 Å². The maximum Gasteiger partial charge on any atom is 0.302 e. The van der Waals surface area contributed by atoms with Crippen LogP contribution in [0.2, 0.25) is 0 Å². The van der Waals surface area contributed by atoms with Gasteiger partial charge in [-0.25, -0.2) is 0 Å². The van der Waals surface area contributed by atoms with E-state index in [1.54, 1.807) is 38.3 Å². The van der Waals surface area contributed by atoms with E-state index in [4.69, 9.17) is 46.8 Å². The summed E-state index contributed by atoms with van der Waals surface area (Å²) in [5, 5.41) is 0. The molecule has 0 spiro atoms. The maximum atomic E-state index is 13.4. The van der Waals surface area contributed by atoms with E-state index in [1.807, 2.05) is 74.5 Å². The first kappa shape index (κ1) is 41.0. The van der Waals surface area contributed by atoms with Crippen LogP contribution in [-0.4, -0.2) is 89.2 Å². The van der Waals surface area contributed by atoms with Crippen LogP contribution < -0.4 is 9.47 Å². The van der Waals surface area contributed by atoms with Crippen LogP contribution in [-0.2, 0) is 64.6 Å². The quantitative estimate of drug-likeness (QED) is 0.130. The van der Waals surface area contributed by atoms with E-state index < -0.39 is 77.8 Å². The highest BCUT2D eigenvalue weighted by atomic mass is 32.2. The molecule has 0 radical (unpaired) electrons. The monoisotopic (exact) mass is 784 g/mol. The van der Waals surface area contributed by atoms with Gasteiger partial charge in [-0.05, 0) is 62.6 Å². The Labute approximate surface area is 323 Å². The molecule has 0 amide bonds. The van der Waals surface area contributed by atoms with Crippen molar-refractivity contribution in [3.05, 3.63) is 96.1 Å². The average molecular weight is 785 g/mol. The summed E-state index contributed by atoms with van der Waals surface area (Å²) < 4.78 is 88.2. The number of hydrogen-bond donors (Lipinski definition) is 0. The second-order valence-electron chi connectivity index (χ2n) is 14.2. The highest BCUT2D eigenvalue weighted by Gasteiger charge is 2.47. The molecule has 14 heteroatoms. The van der Waals surface area contributed by atoms with Crippen LogP contribution >= 0.6 is 0 Å². The van der Waals surface area contributed by atoms with E-state index in [2.05, 4.69) is 0 Å². The van der Waals surface area contributed by atoms with Gasteiger partial charge in [0.1, 0.15) is 35.6 Å². The van der Waals surface area contributed by atoms with Crippen LogP contribution in [0, 0.1) is 0 Å². The number of esters is 1. The Kier molecular flexibility index (Phi) is 14.2. The number of carbonyl (C=O) groups excluding carboxylic acids is 1. The third kappa shape index (κ3) is 11.7. The Morgan fingerprint density at radius 2 is 1.27 bits per heavy atom. The summed E-state index contributed by atoms with van der Waals surface area (Å²) in [6.07, 6.45) is -5.76. The largest absolute Gasteiger partial charge is 0.497 e. The van der Waals surface area contributed by atoms with Gasteiger partial charge in [0.05, 0.1) is 44.2 Å². The molecule has 0 saturated carbocycles. The second-order valence-corrected chi connectivity index (χ2v) is 15.8. The SMILES string of the molecule is COc1ccc(O[C@H]2C[C@@H](OCc3ccccc3)[C@H](O[C@H]3C[C@@H](O[C@H]4CC[C@H](OC(C)=O)[C@H](C)O4)[C@H](OS(=O)(=O)Cc4ccccc4)[C@@H](C)O3)[C@@H](C)O2)cc1. The topological polar surface area (TPSA) is 144 Å². The Bertz CT molecular complexity index is 1740. The minimum absolute atomic E-state index is 0.123. The van der Waals surface area contributed by atoms with Gasteiger partial charge in [0.25, 0.3) is 10.1 Å². The number of carbonyl (C=O) groups is 1. The predicted octanol–water partition coefficient (Wildman–Crippen LogP) is 6.07. The third-order valence-corrected chi connectivity index (χ3v) is 11.1. The molecule has 0 aliphatic carbocycles. The van der Waals surface area contributed by atoms with Gasteiger partial charge in [-0.15, -0.1) is 0 Å². The summed E-state index contributed by atoms with van der Waals surface area (Å²) >= 11 is 0. The minimum atomic E-state index is -4.07. The van der Waals surface area contributed by atoms with Crippen molar-refractivity contribution in [1.82, 2.24) is 0 Å². The van der Waals surface area contributed by atoms with Gasteiger partial charge < -0.3 is 42.6 Å². The minimum Gasteiger partial charge on any atom is -0.497 e. The molecule has 0 unspecified atom stereocenters. The molecule has 55 heavy (non-hydrogen) atoms. The first-order valence-electron chi connectivity index (χ1n) is 18.8. The first-order valence-corrected chi connectivity index (χ1v) is 20.4. The maximum absolute atomic E-state index is 13.4. The fourth-order valence-electron chi connectivity index (χ4n) is 7.13. The van der Waals surface area contributed by atoms with Gasteiger partial charge in [-0.2, -0.15) is 8.42 Å². The second kappa shape index (κ2) is 19.0. The molecule has 0 aromatic heterocycles. The molecule has 3 aromatic rings. The van der Waals surface area contributed by atoms with Crippen molar-refractivity contribution in [3.8, 4) is 11.5 Å². The van der Waals surface area contributed by atoms with Crippen molar-refractivity contribution < 1.29 is 60.0 Å². The number of rotatable bonds is 15. The van der Waals surface area contributed by atoms with E-state index >= 15 is 0 Å². The molecule has 3 heterocycles.